The first-order valence-electron chi connectivity index (χ1n) is 5.99. The Balaban J connectivity index is 2.05. The van der Waals surface area contributed by atoms with Gasteiger partial charge in [0.1, 0.15) is 0 Å². The zero-order chi connectivity index (χ0) is 14.6. The van der Waals surface area contributed by atoms with Crippen LogP contribution in [0.5, 0.6) is 0 Å². The van der Waals surface area contributed by atoms with Crippen molar-refractivity contribution in [2.45, 2.75) is 4.90 Å². The number of hydroxylamine groups is 1. The molecule has 0 saturated heterocycles. The number of halogens is 1. The van der Waals surface area contributed by atoms with Crippen LogP contribution in [0.3, 0.4) is 0 Å². The summed E-state index contributed by atoms with van der Waals surface area (Å²) in [7, 11) is -3.41. The maximum atomic E-state index is 12.1. The van der Waals surface area contributed by atoms with E-state index < -0.39 is 9.84 Å². The number of nitrogens with zero attached hydrogens (tertiary/aromatic N) is 1. The van der Waals surface area contributed by atoms with Gasteiger partial charge in [0, 0.05) is 5.02 Å². The highest BCUT2D eigenvalue weighted by Gasteiger charge is 2.15. The number of hydrogen-bond donors (Lipinski definition) is 1. The van der Waals surface area contributed by atoms with Crippen molar-refractivity contribution in [1.82, 2.24) is 0 Å². The summed E-state index contributed by atoms with van der Waals surface area (Å²) in [6, 6.07) is 14.8. The summed E-state index contributed by atoms with van der Waals surface area (Å²) in [5.41, 5.74) is 0.459. The van der Waals surface area contributed by atoms with Crippen molar-refractivity contribution >= 4 is 27.1 Å². The second-order valence-electron chi connectivity index (χ2n) is 4.23. The average Bonchev–Trinajstić information content (AvgIpc) is 2.46. The van der Waals surface area contributed by atoms with Crippen LogP contribution in [0.1, 0.15) is 0 Å². The van der Waals surface area contributed by atoms with Gasteiger partial charge in [0.15, 0.2) is 9.84 Å². The Bertz CT molecular complexity index is 674. The number of anilines is 1. The van der Waals surface area contributed by atoms with Gasteiger partial charge < -0.3 is 0 Å². The number of sulfone groups is 1. The molecule has 0 atom stereocenters. The maximum absolute atomic E-state index is 12.1. The first-order valence-corrected chi connectivity index (χ1v) is 8.02. The van der Waals surface area contributed by atoms with E-state index in [0.29, 0.717) is 10.7 Å². The minimum Gasteiger partial charge on any atom is -0.288 e. The van der Waals surface area contributed by atoms with E-state index in [1.54, 1.807) is 42.5 Å². The quantitative estimate of drug-likeness (QED) is 0.862. The lowest BCUT2D eigenvalue weighted by atomic mass is 10.3. The molecule has 0 unspecified atom stereocenters. The van der Waals surface area contributed by atoms with Gasteiger partial charge in [0.25, 0.3) is 0 Å². The van der Waals surface area contributed by atoms with Gasteiger partial charge in [-0.15, -0.1) is 0 Å². The number of rotatable bonds is 5. The van der Waals surface area contributed by atoms with Crippen LogP contribution in [-0.2, 0) is 9.84 Å². The predicted octanol–water partition coefficient (Wildman–Crippen LogP) is 3.01. The molecule has 1 N–H and O–H groups in total. The largest absolute Gasteiger partial charge is 0.288 e. The van der Waals surface area contributed by atoms with Crippen LogP contribution in [0, 0.1) is 0 Å². The highest BCUT2D eigenvalue weighted by molar-refractivity contribution is 7.91. The molecular formula is C14H14ClNO3S. The van der Waals surface area contributed by atoms with Crippen LogP contribution in [0.25, 0.3) is 0 Å². The van der Waals surface area contributed by atoms with Crippen LogP contribution in [0.4, 0.5) is 5.69 Å². The van der Waals surface area contributed by atoms with Crippen molar-refractivity contribution < 1.29 is 13.6 Å². The molecule has 0 fully saturated rings. The zero-order valence-corrected chi connectivity index (χ0v) is 12.2. The van der Waals surface area contributed by atoms with Gasteiger partial charge in [-0.25, -0.2) is 8.42 Å². The maximum Gasteiger partial charge on any atom is 0.180 e. The summed E-state index contributed by atoms with van der Waals surface area (Å²) in [5, 5.41) is 11.2. The van der Waals surface area contributed by atoms with Gasteiger partial charge in [-0.1, -0.05) is 35.9 Å². The van der Waals surface area contributed by atoms with Crippen molar-refractivity contribution in [3.05, 3.63) is 59.6 Å². The Labute approximate surface area is 123 Å². The predicted molar refractivity (Wildman–Crippen MR) is 79.1 cm³/mol. The third kappa shape index (κ3) is 3.72. The van der Waals surface area contributed by atoms with E-state index in [-0.39, 0.29) is 17.2 Å². The van der Waals surface area contributed by atoms with E-state index >= 15 is 0 Å². The fourth-order valence-corrected chi connectivity index (χ4v) is 3.12. The smallest absolute Gasteiger partial charge is 0.180 e. The monoisotopic (exact) mass is 311 g/mol. The lowest BCUT2D eigenvalue weighted by Gasteiger charge is -2.17. The topological polar surface area (TPSA) is 57.6 Å². The van der Waals surface area contributed by atoms with Crippen LogP contribution in [0.15, 0.2) is 59.5 Å². The van der Waals surface area contributed by atoms with Crippen LogP contribution in [0.2, 0.25) is 5.02 Å². The second kappa shape index (κ2) is 6.26. The lowest BCUT2D eigenvalue weighted by Crippen LogP contribution is -2.26. The van der Waals surface area contributed by atoms with Gasteiger partial charge in [0.05, 0.1) is 22.9 Å². The summed E-state index contributed by atoms with van der Waals surface area (Å²) in [5.74, 6) is -0.181. The molecule has 0 aliphatic carbocycles. The highest BCUT2D eigenvalue weighted by atomic mass is 35.5. The van der Waals surface area contributed by atoms with Gasteiger partial charge in [0.2, 0.25) is 0 Å². The fraction of sp³-hybridized carbons (Fsp3) is 0.143. The van der Waals surface area contributed by atoms with E-state index in [4.69, 9.17) is 11.6 Å². The van der Waals surface area contributed by atoms with Crippen molar-refractivity contribution in [2.24, 2.45) is 0 Å². The summed E-state index contributed by atoms with van der Waals surface area (Å²) < 4.78 is 24.1. The van der Waals surface area contributed by atoms with Gasteiger partial charge in [-0.2, -0.15) is 0 Å². The Morgan fingerprint density at radius 1 is 1.05 bits per heavy atom. The van der Waals surface area contributed by atoms with E-state index in [1.807, 2.05) is 0 Å². The summed E-state index contributed by atoms with van der Waals surface area (Å²) in [4.78, 5) is 0.250. The molecule has 2 rings (SSSR count). The van der Waals surface area contributed by atoms with E-state index in [2.05, 4.69) is 0 Å². The van der Waals surface area contributed by atoms with Crippen molar-refractivity contribution in [3.8, 4) is 0 Å². The molecule has 0 aliphatic rings. The molecule has 2 aromatic rings. The Hall–Kier alpha value is -1.56. The molecule has 0 amide bonds. The molecule has 4 nitrogen and oxygen atoms in total. The zero-order valence-electron chi connectivity index (χ0n) is 10.6. The third-order valence-electron chi connectivity index (χ3n) is 2.78. The minimum absolute atomic E-state index is 0.0302. The van der Waals surface area contributed by atoms with E-state index in [0.717, 1.165) is 5.06 Å². The standard InChI is InChI=1S/C14H14ClNO3S/c15-12-5-4-6-13(11-12)16(17)9-10-20(18,19)14-7-2-1-3-8-14/h1-8,11,17H,9-10H2. The molecule has 0 bridgehead atoms. The third-order valence-corrected chi connectivity index (χ3v) is 4.73. The van der Waals surface area contributed by atoms with Crippen molar-refractivity contribution in [3.63, 3.8) is 0 Å². The van der Waals surface area contributed by atoms with E-state index in [9.17, 15) is 13.6 Å². The number of hydrogen-bond acceptors (Lipinski definition) is 4. The fourth-order valence-electron chi connectivity index (χ4n) is 1.72. The summed E-state index contributed by atoms with van der Waals surface area (Å²) >= 11 is 5.82. The molecule has 6 heteroatoms. The van der Waals surface area contributed by atoms with Crippen LogP contribution in [-0.4, -0.2) is 25.9 Å². The molecular weight excluding hydrogens is 298 g/mol. The molecule has 20 heavy (non-hydrogen) atoms. The second-order valence-corrected chi connectivity index (χ2v) is 6.78. The summed E-state index contributed by atoms with van der Waals surface area (Å²) in [6.45, 7) is -0.0302. The van der Waals surface area contributed by atoms with Gasteiger partial charge in [-0.3, -0.25) is 10.3 Å². The molecule has 0 saturated carbocycles. The molecule has 106 valence electrons. The lowest BCUT2D eigenvalue weighted by molar-refractivity contribution is 0.260. The minimum atomic E-state index is -3.41. The Kier molecular flexibility index (Phi) is 4.65. The number of benzene rings is 2. The van der Waals surface area contributed by atoms with Gasteiger partial charge in [-0.05, 0) is 30.3 Å². The SMILES string of the molecule is O=S(=O)(CCN(O)c1cccc(Cl)c1)c1ccccc1. The molecule has 0 aromatic heterocycles. The van der Waals surface area contributed by atoms with Crippen molar-refractivity contribution in [1.29, 1.82) is 0 Å². The van der Waals surface area contributed by atoms with Gasteiger partial charge >= 0.3 is 0 Å². The molecule has 2 aromatic carbocycles. The Morgan fingerprint density at radius 2 is 1.75 bits per heavy atom. The van der Waals surface area contributed by atoms with E-state index in [1.165, 1.54) is 12.1 Å². The first-order chi connectivity index (χ1) is 9.49. The normalized spacial score (nSPS) is 11.3. The summed E-state index contributed by atoms with van der Waals surface area (Å²) in [6.07, 6.45) is 0. The van der Waals surface area contributed by atoms with Crippen molar-refractivity contribution in [2.75, 3.05) is 17.4 Å². The average molecular weight is 312 g/mol. The molecule has 0 spiro atoms. The van der Waals surface area contributed by atoms with Crippen LogP contribution >= 0.6 is 11.6 Å². The molecule has 0 heterocycles. The Morgan fingerprint density at radius 3 is 2.40 bits per heavy atom. The van der Waals surface area contributed by atoms with Crippen LogP contribution < -0.4 is 5.06 Å². The first kappa shape index (κ1) is 14.8. The molecule has 0 aliphatic heterocycles. The highest BCUT2D eigenvalue weighted by Crippen LogP contribution is 2.18. The molecule has 0 radical (unpaired) electrons.